The van der Waals surface area contributed by atoms with Crippen molar-refractivity contribution in [3.63, 3.8) is 0 Å². The summed E-state index contributed by atoms with van der Waals surface area (Å²) in [5, 5.41) is 11.3. The van der Waals surface area contributed by atoms with Crippen molar-refractivity contribution in [3.05, 3.63) is 24.3 Å². The Morgan fingerprint density at radius 1 is 1.21 bits per heavy atom. The smallest absolute Gasteiger partial charge is 0.226 e. The molecule has 0 spiro atoms. The third kappa shape index (κ3) is 6.22. The van der Waals surface area contributed by atoms with Gasteiger partial charge in [-0.2, -0.15) is 0 Å². The maximum atomic E-state index is 11.5. The third-order valence-corrected chi connectivity index (χ3v) is 2.38. The predicted octanol–water partition coefficient (Wildman–Crippen LogP) is 1.67. The van der Waals surface area contributed by atoms with Gasteiger partial charge in [-0.25, -0.2) is 0 Å². The molecule has 5 heteroatoms. The Balaban J connectivity index is 2.33. The molecule has 0 saturated heterocycles. The second-order valence-electron chi connectivity index (χ2n) is 4.35. The maximum absolute atomic E-state index is 11.5. The van der Waals surface area contributed by atoms with Crippen LogP contribution in [0.1, 0.15) is 13.8 Å². The van der Waals surface area contributed by atoms with Crippen LogP contribution >= 0.6 is 0 Å². The number of anilines is 1. The molecule has 0 saturated carbocycles. The predicted molar refractivity (Wildman–Crippen MR) is 73.3 cm³/mol. The molecule has 5 nitrogen and oxygen atoms in total. The summed E-state index contributed by atoms with van der Waals surface area (Å²) < 4.78 is 10.5. The molecule has 1 aromatic carbocycles. The van der Waals surface area contributed by atoms with Gasteiger partial charge in [-0.1, -0.05) is 13.8 Å². The maximum Gasteiger partial charge on any atom is 0.226 e. The lowest BCUT2D eigenvalue weighted by Crippen LogP contribution is -2.17. The van der Waals surface area contributed by atoms with E-state index in [1.54, 1.807) is 24.3 Å². The van der Waals surface area contributed by atoms with Crippen molar-refractivity contribution in [2.45, 2.75) is 13.8 Å². The second-order valence-corrected chi connectivity index (χ2v) is 4.35. The van der Waals surface area contributed by atoms with Crippen LogP contribution in [0.4, 0.5) is 5.69 Å². The van der Waals surface area contributed by atoms with Gasteiger partial charge in [-0.05, 0) is 24.3 Å². The normalized spacial score (nSPS) is 10.5. The first kappa shape index (κ1) is 15.5. The average molecular weight is 267 g/mol. The fraction of sp³-hybridized carbons (Fsp3) is 0.500. The zero-order valence-corrected chi connectivity index (χ0v) is 11.4. The van der Waals surface area contributed by atoms with Crippen molar-refractivity contribution in [3.8, 4) is 5.75 Å². The fourth-order valence-electron chi connectivity index (χ4n) is 1.31. The summed E-state index contributed by atoms with van der Waals surface area (Å²) in [4.78, 5) is 11.5. The average Bonchev–Trinajstić information content (AvgIpc) is 2.40. The van der Waals surface area contributed by atoms with Gasteiger partial charge in [-0.3, -0.25) is 4.79 Å². The Morgan fingerprint density at radius 2 is 1.89 bits per heavy atom. The lowest BCUT2D eigenvalue weighted by molar-refractivity contribution is -0.118. The van der Waals surface area contributed by atoms with E-state index in [0.717, 1.165) is 11.4 Å². The minimum atomic E-state index is -0.0420. The third-order valence-electron chi connectivity index (χ3n) is 2.38. The van der Waals surface area contributed by atoms with Gasteiger partial charge in [0.05, 0.1) is 19.8 Å². The van der Waals surface area contributed by atoms with Crippen LogP contribution in [0.15, 0.2) is 24.3 Å². The summed E-state index contributed by atoms with van der Waals surface area (Å²) in [6.45, 7) is 4.90. The van der Waals surface area contributed by atoms with E-state index in [0.29, 0.717) is 19.8 Å². The van der Waals surface area contributed by atoms with Crippen molar-refractivity contribution in [1.82, 2.24) is 0 Å². The summed E-state index contributed by atoms with van der Waals surface area (Å²) in [7, 11) is 0. The number of nitrogens with one attached hydrogen (secondary N) is 1. The lowest BCUT2D eigenvalue weighted by atomic mass is 10.2. The van der Waals surface area contributed by atoms with Crippen molar-refractivity contribution < 1.29 is 19.4 Å². The standard InChI is InChI=1S/C14H21NO4/c1-11(2)14(17)15-12-3-5-13(6-4-12)19-10-9-18-8-7-16/h3-6,11,16H,7-10H2,1-2H3,(H,15,17). The van der Waals surface area contributed by atoms with Gasteiger partial charge < -0.3 is 19.9 Å². The summed E-state index contributed by atoms with van der Waals surface area (Å²) in [6, 6.07) is 7.18. The van der Waals surface area contributed by atoms with Gasteiger partial charge in [0.15, 0.2) is 0 Å². The van der Waals surface area contributed by atoms with Crippen molar-refractivity contribution in [1.29, 1.82) is 0 Å². The second kappa shape index (κ2) is 8.50. The number of amides is 1. The van der Waals surface area contributed by atoms with Crippen LogP contribution in [0, 0.1) is 5.92 Å². The topological polar surface area (TPSA) is 67.8 Å². The van der Waals surface area contributed by atoms with Crippen molar-refractivity contribution >= 4 is 11.6 Å². The molecule has 0 bridgehead atoms. The molecule has 0 aliphatic carbocycles. The fourth-order valence-corrected chi connectivity index (χ4v) is 1.31. The number of aliphatic hydroxyl groups excluding tert-OH is 1. The Bertz CT molecular complexity index is 376. The molecule has 1 aromatic rings. The van der Waals surface area contributed by atoms with Gasteiger partial charge in [0, 0.05) is 11.6 Å². The largest absolute Gasteiger partial charge is 0.491 e. The van der Waals surface area contributed by atoms with Gasteiger partial charge >= 0.3 is 0 Å². The van der Waals surface area contributed by atoms with E-state index in [-0.39, 0.29) is 18.4 Å². The van der Waals surface area contributed by atoms with Crippen molar-refractivity contribution in [2.75, 3.05) is 31.7 Å². The zero-order valence-electron chi connectivity index (χ0n) is 11.4. The van der Waals surface area contributed by atoms with Gasteiger partial charge in [0.2, 0.25) is 5.91 Å². The highest BCUT2D eigenvalue weighted by Crippen LogP contribution is 2.16. The minimum Gasteiger partial charge on any atom is -0.491 e. The first-order valence-electron chi connectivity index (χ1n) is 6.36. The van der Waals surface area contributed by atoms with Gasteiger partial charge in [0.25, 0.3) is 0 Å². The molecule has 0 radical (unpaired) electrons. The molecule has 106 valence electrons. The number of hydrogen-bond acceptors (Lipinski definition) is 4. The van der Waals surface area contributed by atoms with Crippen LogP contribution in [0.3, 0.4) is 0 Å². The molecule has 2 N–H and O–H groups in total. The Labute approximate surface area is 113 Å². The van der Waals surface area contributed by atoms with Crippen LogP contribution < -0.4 is 10.1 Å². The summed E-state index contributed by atoms with van der Waals surface area (Å²) >= 11 is 0. The number of benzene rings is 1. The molecular weight excluding hydrogens is 246 g/mol. The Morgan fingerprint density at radius 3 is 2.47 bits per heavy atom. The molecule has 0 heterocycles. The van der Waals surface area contributed by atoms with E-state index in [4.69, 9.17) is 14.6 Å². The molecule has 1 amide bonds. The molecule has 1 rings (SSSR count). The molecular formula is C14H21NO4. The monoisotopic (exact) mass is 267 g/mol. The number of carbonyl (C=O) groups is 1. The molecule has 0 fully saturated rings. The zero-order chi connectivity index (χ0) is 14.1. The number of carbonyl (C=O) groups excluding carboxylic acids is 1. The van der Waals surface area contributed by atoms with Crippen LogP contribution in [-0.2, 0) is 9.53 Å². The molecule has 0 unspecified atom stereocenters. The molecule has 0 aromatic heterocycles. The summed E-state index contributed by atoms with van der Waals surface area (Å²) in [5.41, 5.74) is 0.752. The van der Waals surface area contributed by atoms with Crippen LogP contribution in [0.5, 0.6) is 5.75 Å². The number of rotatable bonds is 8. The number of hydrogen-bond donors (Lipinski definition) is 2. The van der Waals surface area contributed by atoms with Gasteiger partial charge in [0.1, 0.15) is 12.4 Å². The molecule has 19 heavy (non-hydrogen) atoms. The summed E-state index contributed by atoms with van der Waals surface area (Å²) in [6.07, 6.45) is 0. The van der Waals surface area contributed by atoms with Gasteiger partial charge in [-0.15, -0.1) is 0 Å². The van der Waals surface area contributed by atoms with E-state index < -0.39 is 0 Å². The van der Waals surface area contributed by atoms with E-state index in [1.165, 1.54) is 0 Å². The highest BCUT2D eigenvalue weighted by atomic mass is 16.5. The van der Waals surface area contributed by atoms with Crippen LogP contribution in [0.25, 0.3) is 0 Å². The highest BCUT2D eigenvalue weighted by Gasteiger charge is 2.06. The van der Waals surface area contributed by atoms with E-state index in [2.05, 4.69) is 5.32 Å². The van der Waals surface area contributed by atoms with Crippen molar-refractivity contribution in [2.24, 2.45) is 5.92 Å². The molecule has 0 aliphatic heterocycles. The Hall–Kier alpha value is -1.59. The van der Waals surface area contributed by atoms with E-state index >= 15 is 0 Å². The first-order valence-corrected chi connectivity index (χ1v) is 6.36. The minimum absolute atomic E-state index is 0.00827. The number of aliphatic hydroxyl groups is 1. The molecule has 0 aliphatic rings. The number of ether oxygens (including phenoxy) is 2. The van der Waals surface area contributed by atoms with Crippen LogP contribution in [-0.4, -0.2) is 37.4 Å². The van der Waals surface area contributed by atoms with E-state index in [1.807, 2.05) is 13.8 Å². The van der Waals surface area contributed by atoms with Crippen LogP contribution in [0.2, 0.25) is 0 Å². The highest BCUT2D eigenvalue weighted by molar-refractivity contribution is 5.92. The SMILES string of the molecule is CC(C)C(=O)Nc1ccc(OCCOCCO)cc1. The Kier molecular flexibility index (Phi) is 6.92. The first-order chi connectivity index (χ1) is 9.13. The lowest BCUT2D eigenvalue weighted by Gasteiger charge is -2.09. The summed E-state index contributed by atoms with van der Waals surface area (Å²) in [5.74, 6) is 0.667. The quantitative estimate of drug-likeness (QED) is 0.703. The molecule has 0 atom stereocenters. The van der Waals surface area contributed by atoms with E-state index in [9.17, 15) is 4.79 Å².